The summed E-state index contributed by atoms with van der Waals surface area (Å²) in [5.74, 6) is 0.786. The van der Waals surface area contributed by atoms with E-state index in [1.165, 1.54) is 13.0 Å². The Morgan fingerprint density at radius 1 is 1.40 bits per heavy atom. The molecule has 0 bridgehead atoms. The molecule has 0 aromatic carbocycles. The zero-order valence-corrected chi connectivity index (χ0v) is 15.7. The lowest BCUT2D eigenvalue weighted by atomic mass is 9.79. The van der Waals surface area contributed by atoms with E-state index in [0.717, 1.165) is 57.3 Å². The molecule has 4 nitrogen and oxygen atoms in total. The lowest BCUT2D eigenvalue weighted by Gasteiger charge is -2.30. The van der Waals surface area contributed by atoms with Crippen LogP contribution in [0.5, 0.6) is 0 Å². The van der Waals surface area contributed by atoms with Crippen molar-refractivity contribution in [3.05, 3.63) is 22.6 Å². The van der Waals surface area contributed by atoms with Crippen molar-refractivity contribution in [3.63, 3.8) is 0 Å². The van der Waals surface area contributed by atoms with Gasteiger partial charge < -0.3 is 10.6 Å². The molecule has 0 aromatic rings. The Labute approximate surface area is 155 Å². The molecule has 1 aliphatic heterocycles. The molecule has 1 saturated carbocycles. The lowest BCUT2D eigenvalue weighted by Crippen LogP contribution is -2.43. The van der Waals surface area contributed by atoms with E-state index in [4.69, 9.17) is 11.6 Å². The average Bonchev–Trinajstić information content (AvgIpc) is 2.56. The fourth-order valence-corrected chi connectivity index (χ4v) is 4.19. The minimum Gasteiger partial charge on any atom is -0.356 e. The van der Waals surface area contributed by atoms with Gasteiger partial charge in [0.2, 0.25) is 5.91 Å². The van der Waals surface area contributed by atoms with Gasteiger partial charge in [-0.1, -0.05) is 11.6 Å². The smallest absolute Gasteiger partial charge is 0.221 e. The molecule has 2 aliphatic rings. The predicted molar refractivity (Wildman–Crippen MR) is 101 cm³/mol. The first-order valence-corrected chi connectivity index (χ1v) is 9.57. The van der Waals surface area contributed by atoms with Crippen LogP contribution in [0.2, 0.25) is 0 Å². The highest BCUT2D eigenvalue weighted by Crippen LogP contribution is 2.37. The average molecular weight is 370 g/mol. The first-order valence-electron chi connectivity index (χ1n) is 9.20. The highest BCUT2D eigenvalue weighted by molar-refractivity contribution is 6.31. The van der Waals surface area contributed by atoms with Crippen LogP contribution in [0, 0.1) is 11.8 Å². The molecule has 25 heavy (non-hydrogen) atoms. The summed E-state index contributed by atoms with van der Waals surface area (Å²) in [4.78, 5) is 15.4. The minimum absolute atomic E-state index is 0.148. The molecule has 2 rings (SSSR count). The van der Waals surface area contributed by atoms with E-state index < -0.39 is 0 Å². The molecule has 0 spiro atoms. The van der Waals surface area contributed by atoms with Crippen LogP contribution >= 0.6 is 11.6 Å². The van der Waals surface area contributed by atoms with E-state index in [9.17, 15) is 9.18 Å². The van der Waals surface area contributed by atoms with Gasteiger partial charge in [-0.3, -0.25) is 9.79 Å². The number of carbonyl (C=O) groups excluding carboxylic acids is 1. The van der Waals surface area contributed by atoms with E-state index in [0.29, 0.717) is 23.4 Å². The number of carbonyl (C=O) groups is 1. The minimum atomic E-state index is -0.317. The van der Waals surface area contributed by atoms with Crippen molar-refractivity contribution < 1.29 is 9.18 Å². The topological polar surface area (TPSA) is 53.5 Å². The van der Waals surface area contributed by atoms with E-state index in [-0.39, 0.29) is 17.7 Å². The summed E-state index contributed by atoms with van der Waals surface area (Å²) in [6.07, 6.45) is 8.33. The molecule has 1 aliphatic carbocycles. The summed E-state index contributed by atoms with van der Waals surface area (Å²) in [6, 6.07) is 0.319. The van der Waals surface area contributed by atoms with E-state index in [2.05, 4.69) is 22.3 Å². The Bertz CT molecular complexity index is 535. The Hall–Kier alpha value is -1.20. The fraction of sp³-hybridized carbons (Fsp3) is 0.684. The van der Waals surface area contributed by atoms with Gasteiger partial charge in [-0.25, -0.2) is 4.39 Å². The van der Waals surface area contributed by atoms with Crippen molar-refractivity contribution in [1.82, 2.24) is 10.6 Å². The number of rotatable bonds is 7. The highest BCUT2D eigenvalue weighted by Gasteiger charge is 2.25. The Balaban J connectivity index is 1.74. The number of nitrogens with one attached hydrogen (secondary N) is 2. The Morgan fingerprint density at radius 2 is 2.12 bits per heavy atom. The first-order chi connectivity index (χ1) is 12.0. The van der Waals surface area contributed by atoms with Gasteiger partial charge in [0.25, 0.3) is 0 Å². The Morgan fingerprint density at radius 3 is 2.72 bits per heavy atom. The second kappa shape index (κ2) is 10.1. The van der Waals surface area contributed by atoms with Gasteiger partial charge in [-0.05, 0) is 70.7 Å². The molecule has 1 saturated heterocycles. The second-order valence-corrected chi connectivity index (χ2v) is 7.53. The number of allylic oxidation sites excluding steroid dienone is 4. The first kappa shape index (κ1) is 20.1. The number of amides is 1. The molecule has 6 heteroatoms. The van der Waals surface area contributed by atoms with E-state index >= 15 is 0 Å². The number of aliphatic imine (C=N–C) groups is 1. The van der Waals surface area contributed by atoms with Gasteiger partial charge in [0.05, 0.1) is 16.6 Å². The molecule has 1 heterocycles. The highest BCUT2D eigenvalue weighted by atomic mass is 35.5. The van der Waals surface area contributed by atoms with Crippen molar-refractivity contribution in [1.29, 1.82) is 0 Å². The number of piperidine rings is 1. The molecular formula is C19H29ClFN3O. The van der Waals surface area contributed by atoms with E-state index in [1.54, 1.807) is 0 Å². The monoisotopic (exact) mass is 369 g/mol. The maximum Gasteiger partial charge on any atom is 0.221 e. The van der Waals surface area contributed by atoms with Crippen LogP contribution in [0.15, 0.2) is 27.6 Å². The normalized spacial score (nSPS) is 29.0. The number of halogens is 2. The fourth-order valence-electron chi connectivity index (χ4n) is 3.82. The summed E-state index contributed by atoms with van der Waals surface area (Å²) >= 11 is 6.18. The molecule has 0 aromatic heterocycles. The van der Waals surface area contributed by atoms with E-state index in [1.807, 2.05) is 0 Å². The third-order valence-corrected chi connectivity index (χ3v) is 5.51. The predicted octanol–water partition coefficient (Wildman–Crippen LogP) is 4.08. The second-order valence-electron chi connectivity index (χ2n) is 7.12. The quantitative estimate of drug-likeness (QED) is 0.525. The van der Waals surface area contributed by atoms with Crippen molar-refractivity contribution in [2.75, 3.05) is 13.1 Å². The summed E-state index contributed by atoms with van der Waals surface area (Å²) in [5.41, 5.74) is 0.725. The molecule has 2 fully saturated rings. The van der Waals surface area contributed by atoms with Gasteiger partial charge in [0.1, 0.15) is 0 Å². The van der Waals surface area contributed by atoms with Gasteiger partial charge >= 0.3 is 0 Å². The largest absolute Gasteiger partial charge is 0.356 e. The zero-order valence-electron chi connectivity index (χ0n) is 15.0. The van der Waals surface area contributed by atoms with Gasteiger partial charge in [0.15, 0.2) is 0 Å². The maximum atomic E-state index is 13.0. The van der Waals surface area contributed by atoms with Crippen LogP contribution in [-0.4, -0.2) is 31.8 Å². The van der Waals surface area contributed by atoms with Gasteiger partial charge in [-0.2, -0.15) is 0 Å². The third-order valence-electron chi connectivity index (χ3n) is 5.21. The molecule has 1 amide bonds. The van der Waals surface area contributed by atoms with Crippen molar-refractivity contribution >= 4 is 24.2 Å². The van der Waals surface area contributed by atoms with Crippen LogP contribution in [-0.2, 0) is 4.79 Å². The van der Waals surface area contributed by atoms with Crippen LogP contribution in [0.3, 0.4) is 0 Å². The number of hydrogen-bond donors (Lipinski definition) is 2. The van der Waals surface area contributed by atoms with Crippen LogP contribution in [0.25, 0.3) is 0 Å². The Kier molecular flexibility index (Phi) is 8.10. The third kappa shape index (κ3) is 6.55. The van der Waals surface area contributed by atoms with Crippen LogP contribution < -0.4 is 10.6 Å². The SMILES string of the molecule is C=N/C(=C(Cl)\C=C(/C)F)C1CCC(CCN[C@@H]2CCNC(=O)C2)CC1. The van der Waals surface area contributed by atoms with Gasteiger partial charge in [0, 0.05) is 24.9 Å². The van der Waals surface area contributed by atoms with Crippen LogP contribution in [0.1, 0.15) is 51.9 Å². The van der Waals surface area contributed by atoms with Gasteiger partial charge in [-0.15, -0.1) is 0 Å². The number of hydrogen-bond acceptors (Lipinski definition) is 3. The molecule has 140 valence electrons. The van der Waals surface area contributed by atoms with Crippen molar-refractivity contribution in [2.24, 2.45) is 16.8 Å². The molecule has 0 unspecified atom stereocenters. The van der Waals surface area contributed by atoms with Crippen molar-refractivity contribution in [3.8, 4) is 0 Å². The molecule has 2 N–H and O–H groups in total. The lowest BCUT2D eigenvalue weighted by molar-refractivity contribution is -0.122. The summed E-state index contributed by atoms with van der Waals surface area (Å²) < 4.78 is 13.0. The standard InChI is InChI=1S/C19H29ClFN3O/c1-13(21)11-17(20)19(22-2)15-5-3-14(4-6-15)7-9-23-16-8-10-24-18(25)12-16/h11,14-16,23H,2-10,12H2,1H3,(H,24,25)/b13-11+,19-17+/t14?,15?,16-/m1/s1. The molecule has 0 radical (unpaired) electrons. The molecular weight excluding hydrogens is 341 g/mol. The summed E-state index contributed by atoms with van der Waals surface area (Å²) in [5, 5.41) is 6.74. The van der Waals surface area contributed by atoms with Crippen LogP contribution in [0.4, 0.5) is 4.39 Å². The maximum absolute atomic E-state index is 13.0. The summed E-state index contributed by atoms with van der Waals surface area (Å²) in [6.45, 7) is 6.72. The summed E-state index contributed by atoms with van der Waals surface area (Å²) in [7, 11) is 0. The molecule has 1 atom stereocenters. The van der Waals surface area contributed by atoms with Crippen molar-refractivity contribution in [2.45, 2.75) is 57.9 Å². The zero-order chi connectivity index (χ0) is 18.2. The number of nitrogens with zero attached hydrogens (tertiary/aromatic N) is 1.